The van der Waals surface area contributed by atoms with Gasteiger partial charge in [-0.3, -0.25) is 14.9 Å². The molecule has 0 saturated carbocycles. The Labute approximate surface area is 208 Å². The fraction of sp³-hybridized carbons (Fsp3) is 0.440. The van der Waals surface area contributed by atoms with Crippen LogP contribution in [-0.2, 0) is 19.4 Å². The molecular weight excluding hydrogens is 495 g/mol. The zero-order valence-corrected chi connectivity index (χ0v) is 21.0. The summed E-state index contributed by atoms with van der Waals surface area (Å²) >= 11 is 0. The summed E-state index contributed by atoms with van der Waals surface area (Å²) in [5.41, 5.74) is 1.19. The molecule has 1 aliphatic rings. The molecule has 1 fully saturated rings. The minimum absolute atomic E-state index is 0.0702. The fourth-order valence-corrected chi connectivity index (χ4v) is 4.70. The van der Waals surface area contributed by atoms with Crippen LogP contribution in [0.25, 0.3) is 11.1 Å². The lowest BCUT2D eigenvalue weighted by atomic mass is 9.97. The Balaban J connectivity index is 1.82. The fourth-order valence-electron chi connectivity index (χ4n) is 4.07. The molecule has 2 aromatic carbocycles. The highest BCUT2D eigenvalue weighted by atomic mass is 32.2. The smallest absolute Gasteiger partial charge is 0.354 e. The molecule has 0 bridgehead atoms. The van der Waals surface area contributed by atoms with Gasteiger partial charge in [0, 0.05) is 12.8 Å². The molecule has 0 spiro atoms. The predicted molar refractivity (Wildman–Crippen MR) is 130 cm³/mol. The van der Waals surface area contributed by atoms with Gasteiger partial charge in [-0.2, -0.15) is 13.2 Å². The number of carbonyl (C=O) groups is 2. The molecule has 196 valence electrons. The van der Waals surface area contributed by atoms with Crippen molar-refractivity contribution in [1.82, 2.24) is 16.0 Å². The average Bonchev–Trinajstić information content (AvgIpc) is 3.19. The lowest BCUT2D eigenvalue weighted by molar-refractivity contribution is -0.161. The van der Waals surface area contributed by atoms with E-state index in [4.69, 9.17) is 0 Å². The lowest BCUT2D eigenvalue weighted by Crippen LogP contribution is -2.52. The van der Waals surface area contributed by atoms with Gasteiger partial charge in [-0.1, -0.05) is 50.2 Å². The highest BCUT2D eigenvalue weighted by Crippen LogP contribution is 2.35. The van der Waals surface area contributed by atoms with Gasteiger partial charge < -0.3 is 10.6 Å². The van der Waals surface area contributed by atoms with Crippen LogP contribution in [0.4, 0.5) is 13.2 Å². The van der Waals surface area contributed by atoms with Crippen molar-refractivity contribution >= 4 is 21.7 Å². The van der Waals surface area contributed by atoms with Crippen LogP contribution in [0.5, 0.6) is 0 Å². The number of carbonyl (C=O) groups excluding carboxylic acids is 2. The second kappa shape index (κ2) is 11.0. The normalized spacial score (nSPS) is 18.1. The first-order valence-electron chi connectivity index (χ1n) is 11.6. The average molecular weight is 526 g/mol. The summed E-state index contributed by atoms with van der Waals surface area (Å²) in [6.45, 7) is 4.01. The Hall–Kier alpha value is -2.92. The summed E-state index contributed by atoms with van der Waals surface area (Å²) in [7, 11) is -3.36. The van der Waals surface area contributed by atoms with E-state index in [1.54, 1.807) is 26.0 Å². The maximum absolute atomic E-state index is 14.1. The van der Waals surface area contributed by atoms with Crippen molar-refractivity contribution in [3.63, 3.8) is 0 Å². The standard InChI is InChI=1S/C25H30F3N3O4S/c1-15(2)14-21(24(33)31-20-12-13-29-23(20)32)30-22(25(26,27)28)18-6-4-16(5-7-18)17-8-10-19(11-9-17)36(3,34)35/h4-11,15,20-22,30H,12-14H2,1-3H3,(H,29,32)(H,31,33)/t20?,21-,22-/m0/s1. The van der Waals surface area contributed by atoms with Gasteiger partial charge in [0.15, 0.2) is 9.84 Å². The van der Waals surface area contributed by atoms with Gasteiger partial charge in [0.05, 0.1) is 10.9 Å². The molecule has 2 aromatic rings. The van der Waals surface area contributed by atoms with Crippen LogP contribution in [0, 0.1) is 5.92 Å². The molecule has 3 N–H and O–H groups in total. The van der Waals surface area contributed by atoms with Crippen LogP contribution in [0.3, 0.4) is 0 Å². The van der Waals surface area contributed by atoms with Crippen LogP contribution in [0.15, 0.2) is 53.4 Å². The third kappa shape index (κ3) is 7.07. The molecule has 0 radical (unpaired) electrons. The van der Waals surface area contributed by atoms with Gasteiger partial charge in [0.25, 0.3) is 0 Å². The number of benzene rings is 2. The van der Waals surface area contributed by atoms with E-state index in [1.165, 1.54) is 36.4 Å². The van der Waals surface area contributed by atoms with Crippen LogP contribution in [0.1, 0.15) is 38.3 Å². The molecule has 1 aliphatic heterocycles. The maximum atomic E-state index is 14.1. The largest absolute Gasteiger partial charge is 0.407 e. The monoisotopic (exact) mass is 525 g/mol. The minimum Gasteiger partial charge on any atom is -0.354 e. The SMILES string of the molecule is CC(C)C[C@H](N[C@@H](c1ccc(-c2ccc(S(C)(=O)=O)cc2)cc1)C(F)(F)F)C(=O)NC1CCNC1=O. The molecule has 2 amide bonds. The molecule has 0 aromatic heterocycles. The molecule has 1 unspecified atom stereocenters. The van der Waals surface area contributed by atoms with E-state index in [0.717, 1.165) is 6.26 Å². The molecule has 36 heavy (non-hydrogen) atoms. The number of sulfone groups is 1. The van der Waals surface area contributed by atoms with Gasteiger partial charge in [-0.05, 0) is 47.6 Å². The Kier molecular flexibility index (Phi) is 8.45. The van der Waals surface area contributed by atoms with Crippen molar-refractivity contribution in [3.05, 3.63) is 54.1 Å². The van der Waals surface area contributed by atoms with Crippen LogP contribution >= 0.6 is 0 Å². The minimum atomic E-state index is -4.68. The maximum Gasteiger partial charge on any atom is 0.407 e. The number of halogens is 3. The molecule has 3 rings (SSSR count). The van der Waals surface area contributed by atoms with Crippen molar-refractivity contribution in [1.29, 1.82) is 0 Å². The Morgan fingerprint density at radius 3 is 2.06 bits per heavy atom. The lowest BCUT2D eigenvalue weighted by Gasteiger charge is -2.29. The van der Waals surface area contributed by atoms with Crippen molar-refractivity contribution in [2.24, 2.45) is 5.92 Å². The first-order chi connectivity index (χ1) is 16.8. The van der Waals surface area contributed by atoms with Crippen molar-refractivity contribution in [2.75, 3.05) is 12.8 Å². The van der Waals surface area contributed by atoms with Crippen LogP contribution in [-0.4, -0.2) is 51.3 Å². The number of alkyl halides is 3. The highest BCUT2D eigenvalue weighted by molar-refractivity contribution is 7.90. The Morgan fingerprint density at radius 1 is 1.06 bits per heavy atom. The second-order valence-corrected chi connectivity index (χ2v) is 11.4. The molecule has 3 atom stereocenters. The summed E-state index contributed by atoms with van der Waals surface area (Å²) in [6, 6.07) is 7.75. The van der Waals surface area contributed by atoms with Gasteiger partial charge >= 0.3 is 6.18 Å². The van der Waals surface area contributed by atoms with Crippen LogP contribution in [0.2, 0.25) is 0 Å². The molecule has 0 aliphatic carbocycles. The van der Waals surface area contributed by atoms with E-state index in [1.807, 2.05) is 0 Å². The molecule has 1 heterocycles. The van der Waals surface area contributed by atoms with E-state index in [-0.39, 0.29) is 28.7 Å². The Morgan fingerprint density at radius 2 is 1.61 bits per heavy atom. The summed E-state index contributed by atoms with van der Waals surface area (Å²) in [5.74, 6) is -1.07. The van der Waals surface area contributed by atoms with Crippen LogP contribution < -0.4 is 16.0 Å². The highest BCUT2D eigenvalue weighted by Gasteiger charge is 2.43. The third-order valence-electron chi connectivity index (χ3n) is 5.94. The number of amides is 2. The molecular formula is C25H30F3N3O4S. The molecule has 7 nitrogen and oxygen atoms in total. The van der Waals surface area contributed by atoms with Crippen molar-refractivity contribution in [3.8, 4) is 11.1 Å². The summed E-state index contributed by atoms with van der Waals surface area (Å²) in [4.78, 5) is 24.8. The number of hydrogen-bond donors (Lipinski definition) is 3. The van der Waals surface area contributed by atoms with Gasteiger partial charge in [-0.25, -0.2) is 8.42 Å². The third-order valence-corrected chi connectivity index (χ3v) is 7.07. The van der Waals surface area contributed by atoms with Gasteiger partial charge in [-0.15, -0.1) is 0 Å². The second-order valence-electron chi connectivity index (χ2n) is 9.38. The number of hydrogen-bond acceptors (Lipinski definition) is 5. The van der Waals surface area contributed by atoms with E-state index in [2.05, 4.69) is 16.0 Å². The molecule has 11 heteroatoms. The first-order valence-corrected chi connectivity index (χ1v) is 13.5. The van der Waals surface area contributed by atoms with Gasteiger partial charge in [0.1, 0.15) is 12.1 Å². The first kappa shape index (κ1) is 27.7. The van der Waals surface area contributed by atoms with Crippen molar-refractivity contribution in [2.45, 2.75) is 55.9 Å². The van der Waals surface area contributed by atoms with E-state index in [0.29, 0.717) is 24.1 Å². The molecule has 1 saturated heterocycles. The van der Waals surface area contributed by atoms with E-state index < -0.39 is 40.0 Å². The zero-order chi connectivity index (χ0) is 26.7. The quantitative estimate of drug-likeness (QED) is 0.466. The summed E-state index contributed by atoms with van der Waals surface area (Å²) in [6.07, 6.45) is -3.05. The van der Waals surface area contributed by atoms with E-state index >= 15 is 0 Å². The van der Waals surface area contributed by atoms with E-state index in [9.17, 15) is 31.2 Å². The van der Waals surface area contributed by atoms with Crippen molar-refractivity contribution < 1.29 is 31.2 Å². The van der Waals surface area contributed by atoms with Gasteiger partial charge in [0.2, 0.25) is 11.8 Å². The Bertz CT molecular complexity index is 1180. The zero-order valence-electron chi connectivity index (χ0n) is 20.2. The number of rotatable bonds is 9. The predicted octanol–water partition coefficient (Wildman–Crippen LogP) is 3.37. The topological polar surface area (TPSA) is 104 Å². The summed E-state index contributed by atoms with van der Waals surface area (Å²) in [5, 5.41) is 7.63. The number of nitrogens with one attached hydrogen (secondary N) is 3. The summed E-state index contributed by atoms with van der Waals surface area (Å²) < 4.78 is 65.6.